The van der Waals surface area contributed by atoms with Crippen molar-refractivity contribution >= 4 is 17.6 Å². The van der Waals surface area contributed by atoms with E-state index >= 15 is 0 Å². The molecular weight excluding hydrogens is 224 g/mol. The highest BCUT2D eigenvalue weighted by atomic mass is 32.2. The number of nitrogens with one attached hydrogen (secondary N) is 1. The summed E-state index contributed by atoms with van der Waals surface area (Å²) in [6.45, 7) is 1.75. The van der Waals surface area contributed by atoms with Gasteiger partial charge in [-0.05, 0) is 23.9 Å². The van der Waals surface area contributed by atoms with Crippen LogP contribution in [-0.4, -0.2) is 16.0 Å². The van der Waals surface area contributed by atoms with Crippen molar-refractivity contribution in [2.24, 2.45) is 5.73 Å². The van der Waals surface area contributed by atoms with Gasteiger partial charge in [-0.3, -0.25) is 5.41 Å². The lowest BCUT2D eigenvalue weighted by Gasteiger charge is -1.99. The number of rotatable bonds is 3. The van der Waals surface area contributed by atoms with Gasteiger partial charge in [-0.15, -0.1) is 10.2 Å². The largest absolute Gasteiger partial charge is 0.416 e. The molecule has 0 unspecified atom stereocenters. The molecule has 6 heteroatoms. The second-order valence-electron chi connectivity index (χ2n) is 3.13. The van der Waals surface area contributed by atoms with Gasteiger partial charge in [-0.2, -0.15) is 0 Å². The summed E-state index contributed by atoms with van der Waals surface area (Å²) >= 11 is 1.38. The zero-order valence-electron chi connectivity index (χ0n) is 8.60. The number of amidine groups is 1. The maximum Gasteiger partial charge on any atom is 0.281 e. The minimum absolute atomic E-state index is 0.0604. The first-order valence-corrected chi connectivity index (χ1v) is 5.39. The number of benzene rings is 1. The van der Waals surface area contributed by atoms with Crippen LogP contribution in [0, 0.1) is 12.3 Å². The van der Waals surface area contributed by atoms with E-state index in [9.17, 15) is 0 Å². The standard InChI is InChI=1S/C10H10N4OS/c1-6-13-14-10(15-6)16-8-4-2-7(3-5-8)9(11)12/h2-5H,1H3,(H3,11,12). The van der Waals surface area contributed by atoms with Crippen molar-refractivity contribution in [3.8, 4) is 0 Å². The van der Waals surface area contributed by atoms with Gasteiger partial charge >= 0.3 is 0 Å². The first kappa shape index (κ1) is 10.7. The molecule has 2 aromatic rings. The van der Waals surface area contributed by atoms with Gasteiger partial charge in [0, 0.05) is 17.4 Å². The number of aromatic nitrogens is 2. The normalized spacial score (nSPS) is 10.3. The van der Waals surface area contributed by atoms with E-state index in [0.29, 0.717) is 16.7 Å². The Morgan fingerprint density at radius 3 is 2.50 bits per heavy atom. The van der Waals surface area contributed by atoms with Gasteiger partial charge in [0.25, 0.3) is 5.22 Å². The molecule has 0 saturated carbocycles. The van der Waals surface area contributed by atoms with E-state index in [0.717, 1.165) is 4.90 Å². The number of nitrogens with zero attached hydrogens (tertiary/aromatic N) is 2. The molecular formula is C10H10N4OS. The van der Waals surface area contributed by atoms with Crippen LogP contribution in [0.3, 0.4) is 0 Å². The number of hydrogen-bond donors (Lipinski definition) is 2. The molecule has 2 rings (SSSR count). The van der Waals surface area contributed by atoms with Crippen LogP contribution in [0.15, 0.2) is 38.8 Å². The molecule has 0 atom stereocenters. The quantitative estimate of drug-likeness (QED) is 0.624. The third-order valence-electron chi connectivity index (χ3n) is 1.88. The molecule has 0 aliphatic heterocycles. The van der Waals surface area contributed by atoms with Crippen molar-refractivity contribution in [1.82, 2.24) is 10.2 Å². The van der Waals surface area contributed by atoms with Crippen LogP contribution in [0.4, 0.5) is 0 Å². The van der Waals surface area contributed by atoms with Crippen LogP contribution in [0.25, 0.3) is 0 Å². The van der Waals surface area contributed by atoms with Crippen molar-refractivity contribution in [3.05, 3.63) is 35.7 Å². The molecule has 1 aromatic carbocycles. The van der Waals surface area contributed by atoms with Crippen LogP contribution >= 0.6 is 11.8 Å². The highest BCUT2D eigenvalue weighted by Gasteiger charge is 2.05. The average Bonchev–Trinajstić information content (AvgIpc) is 2.65. The van der Waals surface area contributed by atoms with Crippen molar-refractivity contribution in [3.63, 3.8) is 0 Å². The fraction of sp³-hybridized carbons (Fsp3) is 0.100. The van der Waals surface area contributed by atoms with Gasteiger partial charge < -0.3 is 10.2 Å². The zero-order chi connectivity index (χ0) is 11.5. The SMILES string of the molecule is Cc1nnc(Sc2ccc(C(=N)N)cc2)o1. The summed E-state index contributed by atoms with van der Waals surface area (Å²) in [7, 11) is 0. The predicted molar refractivity (Wildman–Crippen MR) is 60.6 cm³/mol. The van der Waals surface area contributed by atoms with E-state index in [4.69, 9.17) is 15.6 Å². The minimum Gasteiger partial charge on any atom is -0.416 e. The zero-order valence-corrected chi connectivity index (χ0v) is 9.41. The fourth-order valence-electron chi connectivity index (χ4n) is 1.12. The molecule has 5 nitrogen and oxygen atoms in total. The number of aryl methyl sites for hydroxylation is 1. The van der Waals surface area contributed by atoms with Crippen molar-refractivity contribution < 1.29 is 4.42 Å². The molecule has 16 heavy (non-hydrogen) atoms. The number of nitrogen functional groups attached to an aromatic ring is 1. The summed E-state index contributed by atoms with van der Waals surface area (Å²) in [5, 5.41) is 15.4. The van der Waals surface area contributed by atoms with Crippen molar-refractivity contribution in [2.75, 3.05) is 0 Å². The molecule has 0 aliphatic rings. The highest BCUT2D eigenvalue weighted by Crippen LogP contribution is 2.26. The van der Waals surface area contributed by atoms with E-state index in [-0.39, 0.29) is 5.84 Å². The van der Waals surface area contributed by atoms with Gasteiger partial charge in [0.2, 0.25) is 5.89 Å². The Labute approximate surface area is 96.6 Å². The first-order chi connectivity index (χ1) is 7.65. The van der Waals surface area contributed by atoms with Gasteiger partial charge in [0.1, 0.15) is 5.84 Å². The summed E-state index contributed by atoms with van der Waals surface area (Å²) < 4.78 is 5.24. The van der Waals surface area contributed by atoms with Crippen LogP contribution < -0.4 is 5.73 Å². The second-order valence-corrected chi connectivity index (χ2v) is 4.15. The van der Waals surface area contributed by atoms with E-state index in [1.807, 2.05) is 12.1 Å². The summed E-state index contributed by atoms with van der Waals surface area (Å²) in [6, 6.07) is 7.30. The van der Waals surface area contributed by atoms with Crippen LogP contribution in [-0.2, 0) is 0 Å². The van der Waals surface area contributed by atoms with E-state index < -0.39 is 0 Å². The molecule has 0 saturated heterocycles. The summed E-state index contributed by atoms with van der Waals surface area (Å²) in [4.78, 5) is 0.966. The topological polar surface area (TPSA) is 88.8 Å². The molecule has 0 aliphatic carbocycles. The molecule has 0 amide bonds. The molecule has 1 aromatic heterocycles. The Hall–Kier alpha value is -1.82. The highest BCUT2D eigenvalue weighted by molar-refractivity contribution is 7.99. The van der Waals surface area contributed by atoms with E-state index in [2.05, 4.69) is 10.2 Å². The molecule has 0 radical (unpaired) electrons. The van der Waals surface area contributed by atoms with Crippen molar-refractivity contribution in [1.29, 1.82) is 5.41 Å². The molecule has 0 bridgehead atoms. The Morgan fingerprint density at radius 1 is 1.31 bits per heavy atom. The Morgan fingerprint density at radius 2 is 2.00 bits per heavy atom. The second kappa shape index (κ2) is 4.36. The number of hydrogen-bond acceptors (Lipinski definition) is 5. The summed E-state index contributed by atoms with van der Waals surface area (Å²) in [5.41, 5.74) is 6.06. The molecule has 0 spiro atoms. The summed E-state index contributed by atoms with van der Waals surface area (Å²) in [6.07, 6.45) is 0. The van der Waals surface area contributed by atoms with Crippen LogP contribution in [0.1, 0.15) is 11.5 Å². The van der Waals surface area contributed by atoms with Gasteiger partial charge in [0.05, 0.1) is 0 Å². The number of nitrogens with two attached hydrogens (primary N) is 1. The molecule has 3 N–H and O–H groups in total. The summed E-state index contributed by atoms with van der Waals surface area (Å²) in [5.74, 6) is 0.605. The Balaban J connectivity index is 2.14. The average molecular weight is 234 g/mol. The van der Waals surface area contributed by atoms with Crippen LogP contribution in [0.5, 0.6) is 0 Å². The smallest absolute Gasteiger partial charge is 0.281 e. The predicted octanol–water partition coefficient (Wildman–Crippen LogP) is 1.81. The lowest BCUT2D eigenvalue weighted by atomic mass is 10.2. The van der Waals surface area contributed by atoms with Crippen molar-refractivity contribution in [2.45, 2.75) is 17.0 Å². The maximum atomic E-state index is 7.26. The maximum absolute atomic E-state index is 7.26. The fourth-order valence-corrected chi connectivity index (χ4v) is 1.84. The lowest BCUT2D eigenvalue weighted by Crippen LogP contribution is -2.10. The monoisotopic (exact) mass is 234 g/mol. The minimum atomic E-state index is 0.0604. The first-order valence-electron chi connectivity index (χ1n) is 4.57. The third kappa shape index (κ3) is 2.40. The third-order valence-corrected chi connectivity index (χ3v) is 2.73. The van der Waals surface area contributed by atoms with E-state index in [1.54, 1.807) is 19.1 Å². The Kier molecular flexibility index (Phi) is 2.91. The molecule has 0 fully saturated rings. The van der Waals surface area contributed by atoms with Gasteiger partial charge in [-0.25, -0.2) is 0 Å². The Bertz CT molecular complexity index is 506. The van der Waals surface area contributed by atoms with E-state index in [1.165, 1.54) is 11.8 Å². The lowest BCUT2D eigenvalue weighted by molar-refractivity contribution is 0.429. The molecule has 82 valence electrons. The molecule has 1 heterocycles. The van der Waals surface area contributed by atoms with Crippen LogP contribution in [0.2, 0.25) is 0 Å². The van der Waals surface area contributed by atoms with Gasteiger partial charge in [0.15, 0.2) is 0 Å². The van der Waals surface area contributed by atoms with Gasteiger partial charge in [-0.1, -0.05) is 12.1 Å².